The highest BCUT2D eigenvalue weighted by Crippen LogP contribution is 2.14. The van der Waals surface area contributed by atoms with E-state index in [0.29, 0.717) is 13.2 Å². The van der Waals surface area contributed by atoms with Crippen LogP contribution < -0.4 is 0 Å². The smallest absolute Gasteiger partial charge is 0.308 e. The lowest BCUT2D eigenvalue weighted by atomic mass is 10.00. The van der Waals surface area contributed by atoms with Crippen LogP contribution in [-0.4, -0.2) is 25.3 Å². The molecular weight excluding hydrogens is 204 g/mol. The zero-order chi connectivity index (χ0) is 12.4. The van der Waals surface area contributed by atoms with Crippen molar-refractivity contribution in [3.05, 3.63) is 0 Å². The summed E-state index contributed by atoms with van der Waals surface area (Å²) in [6, 6.07) is 0. The minimum Gasteiger partial charge on any atom is -0.463 e. The van der Waals surface area contributed by atoms with Gasteiger partial charge in [-0.25, -0.2) is 0 Å². The van der Waals surface area contributed by atoms with Gasteiger partial charge in [0.25, 0.3) is 0 Å². The quantitative estimate of drug-likeness (QED) is 0.451. The van der Waals surface area contributed by atoms with E-state index in [1.54, 1.807) is 0 Å². The molecular formula is C13H26O3. The van der Waals surface area contributed by atoms with Crippen molar-refractivity contribution in [2.24, 2.45) is 5.92 Å². The van der Waals surface area contributed by atoms with Gasteiger partial charge in [0.2, 0.25) is 0 Å². The standard InChI is InChI=1S/C13H26O3/c1-5-7-8-12(6-2)13(14)16-10-9-15-11(3)4/h11-12H,5-10H2,1-4H3. The summed E-state index contributed by atoms with van der Waals surface area (Å²) in [5.74, 6) is 0.00214. The van der Waals surface area contributed by atoms with E-state index in [2.05, 4.69) is 6.92 Å². The summed E-state index contributed by atoms with van der Waals surface area (Å²) < 4.78 is 10.5. The van der Waals surface area contributed by atoms with E-state index in [1.165, 1.54) is 0 Å². The van der Waals surface area contributed by atoms with Gasteiger partial charge in [-0.1, -0.05) is 26.7 Å². The van der Waals surface area contributed by atoms with Gasteiger partial charge in [0.1, 0.15) is 6.61 Å². The molecule has 0 aromatic carbocycles. The maximum atomic E-state index is 11.6. The zero-order valence-electron chi connectivity index (χ0n) is 11.1. The normalized spacial score (nSPS) is 12.8. The number of hydrogen-bond donors (Lipinski definition) is 0. The Morgan fingerprint density at radius 1 is 1.19 bits per heavy atom. The molecule has 1 unspecified atom stereocenters. The van der Waals surface area contributed by atoms with E-state index >= 15 is 0 Å². The number of unbranched alkanes of at least 4 members (excludes halogenated alkanes) is 1. The molecule has 0 radical (unpaired) electrons. The monoisotopic (exact) mass is 230 g/mol. The van der Waals surface area contributed by atoms with Crippen LogP contribution >= 0.6 is 0 Å². The second-order valence-corrected chi connectivity index (χ2v) is 4.33. The predicted octanol–water partition coefficient (Wildman–Crippen LogP) is 3.17. The number of esters is 1. The summed E-state index contributed by atoms with van der Waals surface area (Å²) in [6.45, 7) is 8.98. The first-order valence-corrected chi connectivity index (χ1v) is 6.40. The van der Waals surface area contributed by atoms with Gasteiger partial charge in [-0.05, 0) is 26.7 Å². The van der Waals surface area contributed by atoms with Crippen molar-refractivity contribution in [2.75, 3.05) is 13.2 Å². The molecule has 0 aliphatic rings. The number of ether oxygens (including phenoxy) is 2. The van der Waals surface area contributed by atoms with Crippen LogP contribution in [0.5, 0.6) is 0 Å². The van der Waals surface area contributed by atoms with Gasteiger partial charge >= 0.3 is 5.97 Å². The summed E-state index contributed by atoms with van der Waals surface area (Å²) in [4.78, 5) is 11.6. The predicted molar refractivity (Wildman–Crippen MR) is 65.4 cm³/mol. The van der Waals surface area contributed by atoms with Crippen molar-refractivity contribution in [3.63, 3.8) is 0 Å². The Morgan fingerprint density at radius 2 is 1.88 bits per heavy atom. The summed E-state index contributed by atoms with van der Waals surface area (Å²) in [5, 5.41) is 0. The van der Waals surface area contributed by atoms with Gasteiger partial charge in [0.05, 0.1) is 18.6 Å². The van der Waals surface area contributed by atoms with Crippen LogP contribution in [0.3, 0.4) is 0 Å². The summed E-state index contributed by atoms with van der Waals surface area (Å²) in [5.41, 5.74) is 0. The molecule has 0 saturated heterocycles. The molecule has 0 spiro atoms. The highest BCUT2D eigenvalue weighted by Gasteiger charge is 2.16. The van der Waals surface area contributed by atoms with E-state index < -0.39 is 0 Å². The molecule has 0 aromatic rings. The molecule has 0 saturated carbocycles. The molecule has 0 heterocycles. The highest BCUT2D eigenvalue weighted by molar-refractivity contribution is 5.72. The molecule has 3 heteroatoms. The molecule has 3 nitrogen and oxygen atoms in total. The first-order valence-electron chi connectivity index (χ1n) is 6.40. The van der Waals surface area contributed by atoms with Gasteiger partial charge in [0.15, 0.2) is 0 Å². The van der Waals surface area contributed by atoms with Crippen molar-refractivity contribution in [2.45, 2.75) is 59.5 Å². The van der Waals surface area contributed by atoms with Crippen molar-refractivity contribution < 1.29 is 14.3 Å². The minimum absolute atomic E-state index is 0.0664. The summed E-state index contributed by atoms with van der Waals surface area (Å²) >= 11 is 0. The Morgan fingerprint density at radius 3 is 2.38 bits per heavy atom. The fraction of sp³-hybridized carbons (Fsp3) is 0.923. The van der Waals surface area contributed by atoms with E-state index in [4.69, 9.17) is 9.47 Å². The average Bonchev–Trinajstić information content (AvgIpc) is 2.25. The highest BCUT2D eigenvalue weighted by atomic mass is 16.6. The molecule has 0 fully saturated rings. The molecule has 0 bridgehead atoms. The second-order valence-electron chi connectivity index (χ2n) is 4.33. The van der Waals surface area contributed by atoms with E-state index in [9.17, 15) is 4.79 Å². The van der Waals surface area contributed by atoms with Crippen molar-refractivity contribution in [1.29, 1.82) is 0 Å². The minimum atomic E-state index is -0.0664. The topological polar surface area (TPSA) is 35.5 Å². The van der Waals surface area contributed by atoms with Gasteiger partial charge in [-0.15, -0.1) is 0 Å². The van der Waals surface area contributed by atoms with Gasteiger partial charge in [-0.2, -0.15) is 0 Å². The molecule has 16 heavy (non-hydrogen) atoms. The molecule has 0 amide bonds. The van der Waals surface area contributed by atoms with Crippen molar-refractivity contribution >= 4 is 5.97 Å². The number of carbonyl (C=O) groups is 1. The third-order valence-electron chi connectivity index (χ3n) is 2.51. The SMILES string of the molecule is CCCCC(CC)C(=O)OCCOC(C)C. The molecule has 96 valence electrons. The number of hydrogen-bond acceptors (Lipinski definition) is 3. The second kappa shape index (κ2) is 9.64. The van der Waals surface area contributed by atoms with Gasteiger partial charge in [0, 0.05) is 0 Å². The molecule has 0 aliphatic carbocycles. The first kappa shape index (κ1) is 15.4. The molecule has 0 aromatic heterocycles. The Kier molecular flexibility index (Phi) is 9.30. The maximum Gasteiger partial charge on any atom is 0.308 e. The third-order valence-corrected chi connectivity index (χ3v) is 2.51. The third kappa shape index (κ3) is 7.69. The largest absolute Gasteiger partial charge is 0.463 e. The van der Waals surface area contributed by atoms with Crippen LogP contribution in [0, 0.1) is 5.92 Å². The lowest BCUT2D eigenvalue weighted by Crippen LogP contribution is -2.20. The number of rotatable bonds is 9. The first-order chi connectivity index (χ1) is 7.61. The fourth-order valence-electron chi connectivity index (χ4n) is 1.48. The molecule has 0 aliphatic heterocycles. The van der Waals surface area contributed by atoms with Crippen LogP contribution in [0.25, 0.3) is 0 Å². The lowest BCUT2D eigenvalue weighted by Gasteiger charge is -2.14. The lowest BCUT2D eigenvalue weighted by molar-refractivity contribution is -0.151. The van der Waals surface area contributed by atoms with Crippen molar-refractivity contribution in [1.82, 2.24) is 0 Å². The van der Waals surface area contributed by atoms with Crippen LogP contribution in [0.15, 0.2) is 0 Å². The Labute approximate surface area is 99.5 Å². The Hall–Kier alpha value is -0.570. The van der Waals surface area contributed by atoms with E-state index in [0.717, 1.165) is 25.7 Å². The van der Waals surface area contributed by atoms with Gasteiger partial charge in [-0.3, -0.25) is 4.79 Å². The van der Waals surface area contributed by atoms with Crippen LogP contribution in [0.1, 0.15) is 53.4 Å². The number of carbonyl (C=O) groups excluding carboxylic acids is 1. The Balaban J connectivity index is 3.66. The molecule has 1 atom stereocenters. The van der Waals surface area contributed by atoms with E-state index in [-0.39, 0.29) is 18.0 Å². The van der Waals surface area contributed by atoms with Crippen LogP contribution in [0.2, 0.25) is 0 Å². The molecule has 0 rings (SSSR count). The van der Waals surface area contributed by atoms with Crippen LogP contribution in [0.4, 0.5) is 0 Å². The maximum absolute atomic E-state index is 11.6. The van der Waals surface area contributed by atoms with Crippen molar-refractivity contribution in [3.8, 4) is 0 Å². The van der Waals surface area contributed by atoms with Crippen LogP contribution in [-0.2, 0) is 14.3 Å². The van der Waals surface area contributed by atoms with E-state index in [1.807, 2.05) is 20.8 Å². The average molecular weight is 230 g/mol. The summed E-state index contributed by atoms with van der Waals surface area (Å²) in [6.07, 6.45) is 4.22. The summed E-state index contributed by atoms with van der Waals surface area (Å²) in [7, 11) is 0. The molecule has 0 N–H and O–H groups in total. The fourth-order valence-corrected chi connectivity index (χ4v) is 1.48. The van der Waals surface area contributed by atoms with Gasteiger partial charge < -0.3 is 9.47 Å². The Bertz CT molecular complexity index is 178. The zero-order valence-corrected chi connectivity index (χ0v) is 11.1.